The Labute approximate surface area is 207 Å². The van der Waals surface area contributed by atoms with Crippen LogP contribution in [0.5, 0.6) is 0 Å². The molecule has 1 aliphatic carbocycles. The van der Waals surface area contributed by atoms with Crippen LogP contribution in [0.1, 0.15) is 70.6 Å². The number of amidine groups is 1. The van der Waals surface area contributed by atoms with Crippen LogP contribution in [-0.4, -0.2) is 67.9 Å². The van der Waals surface area contributed by atoms with Crippen molar-refractivity contribution in [3.05, 3.63) is 35.5 Å². The minimum Gasteiger partial charge on any atom is -0.480 e. The second-order valence-corrected chi connectivity index (χ2v) is 10.1. The molecule has 4 N–H and O–H groups in total. The molecule has 0 radical (unpaired) electrons. The van der Waals surface area contributed by atoms with E-state index in [2.05, 4.69) is 17.6 Å². The molecule has 35 heavy (non-hydrogen) atoms. The summed E-state index contributed by atoms with van der Waals surface area (Å²) in [7, 11) is 0. The Morgan fingerprint density at radius 2 is 1.97 bits per heavy atom. The summed E-state index contributed by atoms with van der Waals surface area (Å²) >= 11 is 0. The number of aryl methyl sites for hydroxylation is 2. The number of carboxylic acid groups (broad SMARTS) is 1. The molecule has 8 nitrogen and oxygen atoms in total. The number of amides is 1. The Balaban J connectivity index is 1.48. The van der Waals surface area contributed by atoms with E-state index in [1.54, 1.807) is 0 Å². The third kappa shape index (κ3) is 5.08. The van der Waals surface area contributed by atoms with E-state index in [9.17, 15) is 14.7 Å². The van der Waals surface area contributed by atoms with Crippen molar-refractivity contribution in [2.45, 2.75) is 96.4 Å². The van der Waals surface area contributed by atoms with Gasteiger partial charge in [-0.2, -0.15) is 0 Å². The number of fused-ring (bicyclic) bond motifs is 1. The molecule has 2 unspecified atom stereocenters. The molecule has 2 aliphatic rings. The molecule has 8 heteroatoms. The van der Waals surface area contributed by atoms with Crippen molar-refractivity contribution >= 4 is 28.6 Å². The number of carbonyl (C=O) groups is 2. The van der Waals surface area contributed by atoms with Crippen LogP contribution in [0.3, 0.4) is 0 Å². The zero-order chi connectivity index (χ0) is 25.3. The lowest BCUT2D eigenvalue weighted by molar-refractivity contribution is -0.148. The molecule has 2 fully saturated rings. The first-order valence-corrected chi connectivity index (χ1v) is 13.0. The fourth-order valence-electron chi connectivity index (χ4n) is 5.89. The smallest absolute Gasteiger partial charge is 0.320 e. The number of hydrogen-bond donors (Lipinski definition) is 3. The number of nitrogens with two attached hydrogens (primary N) is 1. The van der Waals surface area contributed by atoms with Crippen LogP contribution in [0.4, 0.5) is 0 Å². The summed E-state index contributed by atoms with van der Waals surface area (Å²) in [6.45, 7) is 7.47. The van der Waals surface area contributed by atoms with Gasteiger partial charge < -0.3 is 20.3 Å². The second-order valence-electron chi connectivity index (χ2n) is 10.1. The van der Waals surface area contributed by atoms with Gasteiger partial charge in [-0.15, -0.1) is 0 Å². The molecule has 1 amide bonds. The predicted octanol–water partition coefficient (Wildman–Crippen LogP) is 3.58. The minimum absolute atomic E-state index is 0.0694. The highest BCUT2D eigenvalue weighted by atomic mass is 16.4. The van der Waals surface area contributed by atoms with E-state index in [0.717, 1.165) is 68.1 Å². The number of benzene rings is 1. The first kappa shape index (κ1) is 25.2. The monoisotopic (exact) mass is 481 g/mol. The Kier molecular flexibility index (Phi) is 7.50. The molecule has 1 aliphatic heterocycles. The van der Waals surface area contributed by atoms with Gasteiger partial charge in [-0.3, -0.25) is 19.9 Å². The standard InChI is InChI=1S/C27H39N5O3/c1-4-23(27(34)35)32(21-11-12-21)17(3)26(33)31-14-6-7-20(31)10-13-22-15-18-8-9-19(25(28)29)16-24(18)30(22)5-2/h8-9,15-17,20-21,23H,4-7,10-14H2,1-3H3,(H3,28,29)(H,34,35)/t17?,20-,23?/m0/s1. The fourth-order valence-corrected chi connectivity index (χ4v) is 5.89. The molecule has 0 spiro atoms. The molecule has 1 aromatic carbocycles. The zero-order valence-electron chi connectivity index (χ0n) is 21.2. The number of hydrogen-bond acceptors (Lipinski definition) is 4. The van der Waals surface area contributed by atoms with E-state index in [1.165, 1.54) is 5.69 Å². The highest BCUT2D eigenvalue weighted by Gasteiger charge is 2.43. The molecule has 1 saturated carbocycles. The number of rotatable bonds is 11. The van der Waals surface area contributed by atoms with Crippen molar-refractivity contribution in [2.24, 2.45) is 5.73 Å². The summed E-state index contributed by atoms with van der Waals surface area (Å²) in [5.41, 5.74) is 8.74. The van der Waals surface area contributed by atoms with Gasteiger partial charge in [0.05, 0.1) is 6.04 Å². The topological polar surface area (TPSA) is 116 Å². The molecule has 1 saturated heterocycles. The summed E-state index contributed by atoms with van der Waals surface area (Å²) in [6, 6.07) is 7.45. The fraction of sp³-hybridized carbons (Fsp3) is 0.593. The zero-order valence-corrected chi connectivity index (χ0v) is 21.2. The number of carboxylic acids is 1. The molecule has 2 heterocycles. The van der Waals surface area contributed by atoms with E-state index in [-0.39, 0.29) is 23.8 Å². The lowest BCUT2D eigenvalue weighted by Gasteiger charge is -2.36. The summed E-state index contributed by atoms with van der Waals surface area (Å²) in [5.74, 6) is -0.696. The van der Waals surface area contributed by atoms with Crippen LogP contribution in [-0.2, 0) is 22.6 Å². The second kappa shape index (κ2) is 10.4. The summed E-state index contributed by atoms with van der Waals surface area (Å²) in [6.07, 6.45) is 6.16. The molecule has 2 aromatic rings. The van der Waals surface area contributed by atoms with Gasteiger partial charge in [0.2, 0.25) is 5.91 Å². The van der Waals surface area contributed by atoms with E-state index >= 15 is 0 Å². The van der Waals surface area contributed by atoms with Gasteiger partial charge in [0.1, 0.15) is 11.9 Å². The first-order chi connectivity index (χ1) is 16.8. The molecule has 190 valence electrons. The molecule has 3 atom stereocenters. The van der Waals surface area contributed by atoms with Crippen LogP contribution in [0, 0.1) is 5.41 Å². The number of nitrogens with one attached hydrogen (secondary N) is 1. The largest absolute Gasteiger partial charge is 0.480 e. The summed E-state index contributed by atoms with van der Waals surface area (Å²) < 4.78 is 2.28. The van der Waals surface area contributed by atoms with E-state index in [4.69, 9.17) is 11.1 Å². The maximum Gasteiger partial charge on any atom is 0.320 e. The minimum atomic E-state index is -0.836. The molecule has 1 aromatic heterocycles. The Morgan fingerprint density at radius 1 is 1.23 bits per heavy atom. The number of nitrogens with zero attached hydrogens (tertiary/aromatic N) is 3. The number of aromatic nitrogens is 1. The Bertz CT molecular complexity index is 1110. The predicted molar refractivity (Wildman–Crippen MR) is 138 cm³/mol. The molecular weight excluding hydrogens is 442 g/mol. The van der Waals surface area contributed by atoms with Crippen LogP contribution in [0.15, 0.2) is 24.3 Å². The van der Waals surface area contributed by atoms with Crippen LogP contribution in [0.25, 0.3) is 10.9 Å². The SMILES string of the molecule is CCC(C(=O)O)N(C1CC1)C(C)C(=O)N1CCC[C@H]1CCc1cc2ccc(C(=N)N)cc2n1CC. The lowest BCUT2D eigenvalue weighted by Crippen LogP contribution is -2.55. The summed E-state index contributed by atoms with van der Waals surface area (Å²) in [5, 5.41) is 18.6. The van der Waals surface area contributed by atoms with Crippen molar-refractivity contribution in [3.8, 4) is 0 Å². The molecule has 4 rings (SSSR count). The highest BCUT2D eigenvalue weighted by molar-refractivity contribution is 5.98. The van der Waals surface area contributed by atoms with Gasteiger partial charge in [-0.25, -0.2) is 0 Å². The number of likely N-dealkylation sites (tertiary alicyclic amines) is 1. The van der Waals surface area contributed by atoms with E-state index in [1.807, 2.05) is 41.8 Å². The normalized spacial score (nSPS) is 19.9. The van der Waals surface area contributed by atoms with E-state index < -0.39 is 18.1 Å². The van der Waals surface area contributed by atoms with Crippen LogP contribution >= 0.6 is 0 Å². The average Bonchev–Trinajstić information content (AvgIpc) is 3.44. The third-order valence-electron chi connectivity index (χ3n) is 7.82. The van der Waals surface area contributed by atoms with Crippen molar-refractivity contribution < 1.29 is 14.7 Å². The van der Waals surface area contributed by atoms with Crippen molar-refractivity contribution in [1.82, 2.24) is 14.4 Å². The van der Waals surface area contributed by atoms with Gasteiger partial charge in [0.15, 0.2) is 0 Å². The van der Waals surface area contributed by atoms with Gasteiger partial charge in [-0.05, 0) is 76.3 Å². The first-order valence-electron chi connectivity index (χ1n) is 13.0. The average molecular weight is 482 g/mol. The lowest BCUT2D eigenvalue weighted by atomic mass is 10.1. The maximum atomic E-state index is 13.6. The number of aliphatic carboxylic acids is 1. The summed E-state index contributed by atoms with van der Waals surface area (Å²) in [4.78, 5) is 29.5. The quantitative estimate of drug-likeness (QED) is 0.335. The van der Waals surface area contributed by atoms with Crippen molar-refractivity contribution in [3.63, 3.8) is 0 Å². The van der Waals surface area contributed by atoms with Crippen LogP contribution in [0.2, 0.25) is 0 Å². The van der Waals surface area contributed by atoms with Crippen molar-refractivity contribution in [1.29, 1.82) is 5.41 Å². The van der Waals surface area contributed by atoms with Crippen LogP contribution < -0.4 is 5.73 Å². The molecule has 0 bridgehead atoms. The van der Waals surface area contributed by atoms with Gasteiger partial charge >= 0.3 is 5.97 Å². The van der Waals surface area contributed by atoms with Gasteiger partial charge in [-0.1, -0.05) is 19.1 Å². The maximum absolute atomic E-state index is 13.6. The van der Waals surface area contributed by atoms with Gasteiger partial charge in [0, 0.05) is 41.9 Å². The highest BCUT2D eigenvalue weighted by Crippen LogP contribution is 2.33. The Hall–Kier alpha value is -2.87. The van der Waals surface area contributed by atoms with Gasteiger partial charge in [0.25, 0.3) is 0 Å². The van der Waals surface area contributed by atoms with E-state index in [0.29, 0.717) is 6.42 Å². The van der Waals surface area contributed by atoms with Crippen molar-refractivity contribution in [2.75, 3.05) is 6.54 Å². The number of carbonyl (C=O) groups excluding carboxylic acids is 1. The number of nitrogen functional groups attached to an aromatic ring is 1. The third-order valence-corrected chi connectivity index (χ3v) is 7.82. The Morgan fingerprint density at radius 3 is 2.57 bits per heavy atom. The molecular formula is C27H39N5O3.